The molecule has 1 aliphatic carbocycles. The average Bonchev–Trinajstić information content (AvgIpc) is 2.53. The minimum absolute atomic E-state index is 0.0399. The highest BCUT2D eigenvalue weighted by Crippen LogP contribution is 2.31. The summed E-state index contributed by atoms with van der Waals surface area (Å²) in [6.07, 6.45) is 5.24. The van der Waals surface area contributed by atoms with Gasteiger partial charge in [-0.2, -0.15) is 4.72 Å². The molecule has 7 nitrogen and oxygen atoms in total. The van der Waals surface area contributed by atoms with E-state index in [1.807, 2.05) is 0 Å². The van der Waals surface area contributed by atoms with Crippen molar-refractivity contribution in [1.29, 1.82) is 0 Å². The van der Waals surface area contributed by atoms with Crippen LogP contribution in [0.3, 0.4) is 0 Å². The maximum absolute atomic E-state index is 12.2. The molecule has 1 aromatic carbocycles. The lowest BCUT2D eigenvalue weighted by Gasteiger charge is -2.25. The van der Waals surface area contributed by atoms with Crippen molar-refractivity contribution >= 4 is 33.3 Å². The summed E-state index contributed by atoms with van der Waals surface area (Å²) in [5.41, 5.74) is 0.216. The summed E-state index contributed by atoms with van der Waals surface area (Å²) in [7, 11) is -2.62. The lowest BCUT2D eigenvalue weighted by Crippen LogP contribution is -2.27. The maximum atomic E-state index is 12.2. The highest BCUT2D eigenvalue weighted by atomic mass is 35.5. The van der Waals surface area contributed by atoms with Crippen molar-refractivity contribution in [3.8, 4) is 0 Å². The van der Waals surface area contributed by atoms with Gasteiger partial charge in [-0.3, -0.25) is 0 Å². The quantitative estimate of drug-likeness (QED) is 0.632. The number of methoxy groups -OCH3 is 1. The normalized spacial score (nSPS) is 16.1. The highest BCUT2D eigenvalue weighted by molar-refractivity contribution is 7.89. The zero-order valence-electron chi connectivity index (χ0n) is 13.3. The molecule has 0 aromatic heterocycles. The predicted octanol–water partition coefficient (Wildman–Crippen LogP) is 2.67. The van der Waals surface area contributed by atoms with Crippen molar-refractivity contribution in [2.24, 2.45) is 0 Å². The van der Waals surface area contributed by atoms with E-state index in [1.165, 1.54) is 19.6 Å². The molecular formula is C15H21ClN2O5S. The molecule has 0 radical (unpaired) electrons. The van der Waals surface area contributed by atoms with Gasteiger partial charge >= 0.3 is 5.97 Å². The van der Waals surface area contributed by atoms with Crippen molar-refractivity contribution in [1.82, 2.24) is 4.72 Å². The molecule has 9 heteroatoms. The number of ether oxygens (including phenoxy) is 1. The molecule has 0 aliphatic heterocycles. The van der Waals surface area contributed by atoms with Crippen molar-refractivity contribution < 1.29 is 23.1 Å². The van der Waals surface area contributed by atoms with Crippen molar-refractivity contribution in [2.45, 2.75) is 43.0 Å². The van der Waals surface area contributed by atoms with Crippen LogP contribution in [0.2, 0.25) is 5.02 Å². The lowest BCUT2D eigenvalue weighted by molar-refractivity contribution is 0.0697. The Morgan fingerprint density at radius 1 is 1.33 bits per heavy atom. The fourth-order valence-electron chi connectivity index (χ4n) is 2.74. The Balaban J connectivity index is 2.36. The van der Waals surface area contributed by atoms with Gasteiger partial charge in [-0.15, -0.1) is 0 Å². The summed E-state index contributed by atoms with van der Waals surface area (Å²) in [6.45, 7) is -0.233. The Kier molecular flexibility index (Phi) is 6.45. The van der Waals surface area contributed by atoms with Crippen molar-refractivity contribution in [3.63, 3.8) is 0 Å². The molecular weight excluding hydrogens is 356 g/mol. The number of hydrogen-bond donors (Lipinski definition) is 3. The lowest BCUT2D eigenvalue weighted by atomic mass is 9.95. The first-order chi connectivity index (χ1) is 11.3. The first-order valence-electron chi connectivity index (χ1n) is 7.67. The van der Waals surface area contributed by atoms with Crippen LogP contribution in [0.4, 0.5) is 5.69 Å². The molecule has 2 rings (SSSR count). The van der Waals surface area contributed by atoms with Crippen LogP contribution in [0, 0.1) is 0 Å². The van der Waals surface area contributed by atoms with E-state index in [1.54, 1.807) is 0 Å². The number of hydrogen-bond acceptors (Lipinski definition) is 5. The van der Waals surface area contributed by atoms with E-state index in [4.69, 9.17) is 11.6 Å². The van der Waals surface area contributed by atoms with E-state index in [-0.39, 0.29) is 28.3 Å². The Bertz CT molecular complexity index is 702. The zero-order valence-corrected chi connectivity index (χ0v) is 14.9. The van der Waals surface area contributed by atoms with Crippen LogP contribution in [0.15, 0.2) is 17.0 Å². The summed E-state index contributed by atoms with van der Waals surface area (Å²) < 4.78 is 31.3. The number of nitrogens with one attached hydrogen (secondary N) is 2. The number of sulfonamides is 1. The van der Waals surface area contributed by atoms with Crippen molar-refractivity contribution in [3.05, 3.63) is 22.7 Å². The standard InChI is InChI=1S/C15H21ClN2O5S/c1-23-9-17-24(21,22)14-7-11(15(19)20)13(8-12(14)16)18-10-5-3-2-4-6-10/h7-8,10,17-18H,2-6,9H2,1H3,(H,19,20). The summed E-state index contributed by atoms with van der Waals surface area (Å²) in [4.78, 5) is 11.3. The number of halogens is 1. The molecule has 0 bridgehead atoms. The van der Waals surface area contributed by atoms with Gasteiger partial charge in [-0.1, -0.05) is 30.9 Å². The van der Waals surface area contributed by atoms with Crippen LogP contribution in [0.5, 0.6) is 0 Å². The Morgan fingerprint density at radius 2 is 2.00 bits per heavy atom. The zero-order chi connectivity index (χ0) is 17.7. The predicted molar refractivity (Wildman–Crippen MR) is 91.1 cm³/mol. The van der Waals surface area contributed by atoms with Gasteiger partial charge in [0.1, 0.15) is 11.6 Å². The van der Waals surface area contributed by atoms with Crippen LogP contribution >= 0.6 is 11.6 Å². The number of rotatable bonds is 7. The molecule has 0 atom stereocenters. The van der Waals surface area contributed by atoms with Gasteiger partial charge < -0.3 is 15.2 Å². The monoisotopic (exact) mass is 376 g/mol. The van der Waals surface area contributed by atoms with E-state index >= 15 is 0 Å². The molecule has 3 N–H and O–H groups in total. The number of carbonyl (C=O) groups is 1. The van der Waals surface area contributed by atoms with Crippen LogP contribution in [-0.4, -0.2) is 39.4 Å². The first kappa shape index (κ1) is 19.0. The molecule has 0 saturated heterocycles. The fraction of sp³-hybridized carbons (Fsp3) is 0.533. The molecule has 0 unspecified atom stereocenters. The van der Waals surface area contributed by atoms with Crippen LogP contribution in [0.25, 0.3) is 0 Å². The van der Waals surface area contributed by atoms with Crippen LogP contribution in [-0.2, 0) is 14.8 Å². The number of anilines is 1. The minimum Gasteiger partial charge on any atom is -0.478 e. The molecule has 1 fully saturated rings. The van der Waals surface area contributed by atoms with Crippen LogP contribution < -0.4 is 10.0 Å². The van der Waals surface area contributed by atoms with Gasteiger partial charge in [0.25, 0.3) is 0 Å². The maximum Gasteiger partial charge on any atom is 0.337 e. The minimum atomic E-state index is -3.96. The molecule has 24 heavy (non-hydrogen) atoms. The summed E-state index contributed by atoms with van der Waals surface area (Å²) in [5.74, 6) is -1.21. The number of aromatic carboxylic acids is 1. The Morgan fingerprint density at radius 3 is 2.58 bits per heavy atom. The summed E-state index contributed by atoms with van der Waals surface area (Å²) in [5, 5.41) is 12.6. The van der Waals surface area contributed by atoms with Gasteiger partial charge in [-0.05, 0) is 25.0 Å². The molecule has 0 amide bonds. The van der Waals surface area contributed by atoms with Crippen molar-refractivity contribution in [2.75, 3.05) is 19.2 Å². The van der Waals surface area contributed by atoms with Crippen LogP contribution in [0.1, 0.15) is 42.5 Å². The molecule has 1 aromatic rings. The third-order valence-electron chi connectivity index (χ3n) is 3.95. The van der Waals surface area contributed by atoms with Gasteiger partial charge in [0.15, 0.2) is 0 Å². The molecule has 1 saturated carbocycles. The molecule has 134 valence electrons. The Labute approximate surface area is 146 Å². The smallest absolute Gasteiger partial charge is 0.337 e. The summed E-state index contributed by atoms with van der Waals surface area (Å²) >= 11 is 6.09. The molecule has 1 aliphatic rings. The second-order valence-electron chi connectivity index (χ2n) is 5.69. The third-order valence-corrected chi connectivity index (χ3v) is 5.79. The molecule has 0 heterocycles. The first-order valence-corrected chi connectivity index (χ1v) is 9.53. The highest BCUT2D eigenvalue weighted by Gasteiger charge is 2.24. The van der Waals surface area contributed by atoms with Gasteiger partial charge in [-0.25, -0.2) is 13.2 Å². The van der Waals surface area contributed by atoms with E-state index in [9.17, 15) is 18.3 Å². The number of benzene rings is 1. The van der Waals surface area contributed by atoms with Gasteiger partial charge in [0.2, 0.25) is 10.0 Å². The number of carboxylic acids is 1. The van der Waals surface area contributed by atoms with E-state index < -0.39 is 16.0 Å². The van der Waals surface area contributed by atoms with Gasteiger partial charge in [0, 0.05) is 13.2 Å². The Hall–Kier alpha value is -1.35. The molecule has 0 spiro atoms. The second kappa shape index (κ2) is 8.15. The van der Waals surface area contributed by atoms with E-state index in [0.717, 1.165) is 31.7 Å². The van der Waals surface area contributed by atoms with E-state index in [0.29, 0.717) is 5.69 Å². The number of carboxylic acid groups (broad SMARTS) is 1. The second-order valence-corrected chi connectivity index (χ2v) is 7.84. The van der Waals surface area contributed by atoms with Gasteiger partial charge in [0.05, 0.1) is 16.3 Å². The summed E-state index contributed by atoms with van der Waals surface area (Å²) in [6, 6.07) is 2.61. The largest absolute Gasteiger partial charge is 0.478 e. The average molecular weight is 377 g/mol. The topological polar surface area (TPSA) is 105 Å². The van der Waals surface area contributed by atoms with E-state index in [2.05, 4.69) is 14.8 Å². The SMILES string of the molecule is COCNS(=O)(=O)c1cc(C(=O)O)c(NC2CCCCC2)cc1Cl. The fourth-order valence-corrected chi connectivity index (χ4v) is 4.22. The third kappa shape index (κ3) is 4.60.